The Hall–Kier alpha value is -1.59. The molecule has 2 amide bonds. The number of carbonyl (C=O) groups excluding carboxylic acids is 2. The molecule has 152 valence electrons. The summed E-state index contributed by atoms with van der Waals surface area (Å²) in [5, 5.41) is 0.707. The highest BCUT2D eigenvalue weighted by Crippen LogP contribution is 2.48. The Labute approximate surface area is 172 Å². The Balaban J connectivity index is 1.61. The minimum absolute atomic E-state index is 0.0229. The molecule has 3 aliphatic rings. The second-order valence-corrected chi connectivity index (χ2v) is 9.03. The monoisotopic (exact) mass is 404 g/mol. The molecule has 1 aromatic rings. The molecular formula is C22H29ClN2O3. The maximum atomic E-state index is 13.5. The van der Waals surface area contributed by atoms with Crippen LogP contribution in [-0.4, -0.2) is 49.6 Å². The molecule has 0 aromatic heterocycles. The molecular weight excluding hydrogens is 376 g/mol. The van der Waals surface area contributed by atoms with Crippen molar-refractivity contribution in [3.63, 3.8) is 0 Å². The minimum atomic E-state index is -0.100. The standard InChI is InChI=1S/C22H29ClN2O3/c1-15(26)24-10-8-22(9-11-24)14-25(20-7-6-17(23)13-19(20)22)21(27)16-4-3-5-18(12-16)28-2/h6-7,13,16,18H,3-5,8-12,14H2,1-2H3/t16-,18-/m0/s1. The number of anilines is 1. The van der Waals surface area contributed by atoms with Crippen LogP contribution >= 0.6 is 11.6 Å². The molecule has 28 heavy (non-hydrogen) atoms. The Bertz CT molecular complexity index is 773. The summed E-state index contributed by atoms with van der Waals surface area (Å²) in [5.74, 6) is 0.366. The lowest BCUT2D eigenvalue weighted by molar-refractivity contribution is -0.130. The van der Waals surface area contributed by atoms with Crippen molar-refractivity contribution in [2.45, 2.75) is 57.0 Å². The van der Waals surface area contributed by atoms with Crippen molar-refractivity contribution >= 4 is 29.1 Å². The molecule has 1 saturated heterocycles. The van der Waals surface area contributed by atoms with Gasteiger partial charge in [-0.2, -0.15) is 0 Å². The van der Waals surface area contributed by atoms with Crippen molar-refractivity contribution in [1.82, 2.24) is 4.90 Å². The summed E-state index contributed by atoms with van der Waals surface area (Å²) < 4.78 is 5.54. The minimum Gasteiger partial charge on any atom is -0.381 e. The van der Waals surface area contributed by atoms with Gasteiger partial charge < -0.3 is 14.5 Å². The molecule has 2 aliphatic heterocycles. The first kappa shape index (κ1) is 19.7. The van der Waals surface area contributed by atoms with E-state index in [0.717, 1.165) is 57.3 Å². The normalized spacial score (nSPS) is 26.4. The summed E-state index contributed by atoms with van der Waals surface area (Å²) in [5.41, 5.74) is 2.08. The summed E-state index contributed by atoms with van der Waals surface area (Å²) in [6.45, 7) is 3.79. The van der Waals surface area contributed by atoms with E-state index in [1.165, 1.54) is 5.56 Å². The van der Waals surface area contributed by atoms with E-state index >= 15 is 0 Å². The zero-order valence-corrected chi connectivity index (χ0v) is 17.5. The zero-order valence-electron chi connectivity index (χ0n) is 16.7. The topological polar surface area (TPSA) is 49.9 Å². The summed E-state index contributed by atoms with van der Waals surface area (Å²) in [6, 6.07) is 5.91. The third-order valence-electron chi connectivity index (χ3n) is 7.02. The molecule has 2 heterocycles. The zero-order chi connectivity index (χ0) is 19.9. The largest absolute Gasteiger partial charge is 0.381 e. The Kier molecular flexibility index (Phi) is 5.41. The number of rotatable bonds is 2. The maximum absolute atomic E-state index is 13.5. The summed E-state index contributed by atoms with van der Waals surface area (Å²) in [4.78, 5) is 29.2. The van der Waals surface area contributed by atoms with Gasteiger partial charge in [-0.25, -0.2) is 0 Å². The molecule has 0 bridgehead atoms. The molecule has 1 aliphatic carbocycles. The number of likely N-dealkylation sites (tertiary alicyclic amines) is 1. The van der Waals surface area contributed by atoms with Crippen LogP contribution in [0.25, 0.3) is 0 Å². The molecule has 1 saturated carbocycles. The third-order valence-corrected chi connectivity index (χ3v) is 7.26. The lowest BCUT2D eigenvalue weighted by Crippen LogP contribution is -2.48. The first-order valence-corrected chi connectivity index (χ1v) is 10.7. The number of methoxy groups -OCH3 is 1. The van der Waals surface area contributed by atoms with E-state index in [0.29, 0.717) is 11.6 Å². The molecule has 0 unspecified atom stereocenters. The molecule has 0 N–H and O–H groups in total. The molecule has 1 aromatic carbocycles. The number of hydrogen-bond acceptors (Lipinski definition) is 3. The van der Waals surface area contributed by atoms with Gasteiger partial charge in [-0.05, 0) is 55.9 Å². The third kappa shape index (κ3) is 3.43. The van der Waals surface area contributed by atoms with Crippen LogP contribution < -0.4 is 4.90 Å². The summed E-state index contributed by atoms with van der Waals surface area (Å²) in [7, 11) is 1.74. The fourth-order valence-corrected chi connectivity index (χ4v) is 5.49. The average Bonchev–Trinajstić information content (AvgIpc) is 3.01. The van der Waals surface area contributed by atoms with Crippen LogP contribution in [0, 0.1) is 5.92 Å². The van der Waals surface area contributed by atoms with Crippen molar-refractivity contribution in [3.8, 4) is 0 Å². The molecule has 2 atom stereocenters. The highest BCUT2D eigenvalue weighted by atomic mass is 35.5. The van der Waals surface area contributed by atoms with Gasteiger partial charge in [0.2, 0.25) is 11.8 Å². The van der Waals surface area contributed by atoms with Crippen LogP contribution in [-0.2, 0) is 19.7 Å². The fraction of sp³-hybridized carbons (Fsp3) is 0.636. The first-order valence-electron chi connectivity index (χ1n) is 10.3. The quantitative estimate of drug-likeness (QED) is 0.753. The van der Waals surface area contributed by atoms with Crippen molar-refractivity contribution in [2.24, 2.45) is 5.92 Å². The summed E-state index contributed by atoms with van der Waals surface area (Å²) in [6.07, 6.45) is 5.74. The van der Waals surface area contributed by atoms with Gasteiger partial charge >= 0.3 is 0 Å². The second-order valence-electron chi connectivity index (χ2n) is 8.59. The SMILES string of the molecule is CO[C@H]1CCC[C@H](C(=O)N2CC3(CCN(C(C)=O)CC3)c3cc(Cl)ccc32)C1. The van der Waals surface area contributed by atoms with E-state index < -0.39 is 0 Å². The molecule has 2 fully saturated rings. The predicted molar refractivity (Wildman–Crippen MR) is 110 cm³/mol. The molecule has 0 radical (unpaired) electrons. The Morgan fingerprint density at radius 3 is 2.64 bits per heavy atom. The number of piperidine rings is 1. The van der Waals surface area contributed by atoms with Gasteiger partial charge in [-0.3, -0.25) is 9.59 Å². The molecule has 5 nitrogen and oxygen atoms in total. The van der Waals surface area contributed by atoms with Crippen LogP contribution in [0.4, 0.5) is 5.69 Å². The van der Waals surface area contributed by atoms with Gasteiger partial charge in [0.1, 0.15) is 0 Å². The van der Waals surface area contributed by atoms with E-state index in [1.54, 1.807) is 14.0 Å². The van der Waals surface area contributed by atoms with E-state index in [9.17, 15) is 9.59 Å². The maximum Gasteiger partial charge on any atom is 0.230 e. The van der Waals surface area contributed by atoms with Crippen LogP contribution in [0.15, 0.2) is 18.2 Å². The van der Waals surface area contributed by atoms with Crippen LogP contribution in [0.2, 0.25) is 5.02 Å². The number of halogens is 1. The highest BCUT2D eigenvalue weighted by molar-refractivity contribution is 6.30. The first-order chi connectivity index (χ1) is 13.4. The number of benzene rings is 1. The van der Waals surface area contributed by atoms with Gasteiger partial charge in [0.25, 0.3) is 0 Å². The van der Waals surface area contributed by atoms with Crippen molar-refractivity contribution in [3.05, 3.63) is 28.8 Å². The lowest BCUT2D eigenvalue weighted by Gasteiger charge is -2.40. The number of hydrogen-bond donors (Lipinski definition) is 0. The molecule has 4 rings (SSSR count). The Morgan fingerprint density at radius 2 is 1.96 bits per heavy atom. The van der Waals surface area contributed by atoms with Crippen molar-refractivity contribution < 1.29 is 14.3 Å². The van der Waals surface area contributed by atoms with Gasteiger partial charge in [-0.1, -0.05) is 18.0 Å². The number of fused-ring (bicyclic) bond motifs is 2. The number of amides is 2. The Morgan fingerprint density at radius 1 is 1.21 bits per heavy atom. The van der Waals surface area contributed by atoms with Gasteiger partial charge in [-0.15, -0.1) is 0 Å². The van der Waals surface area contributed by atoms with E-state index in [4.69, 9.17) is 16.3 Å². The van der Waals surface area contributed by atoms with Gasteiger partial charge in [0.15, 0.2) is 0 Å². The van der Waals surface area contributed by atoms with Crippen LogP contribution in [0.1, 0.15) is 51.0 Å². The van der Waals surface area contributed by atoms with E-state index in [-0.39, 0.29) is 29.3 Å². The summed E-state index contributed by atoms with van der Waals surface area (Å²) >= 11 is 6.33. The average molecular weight is 405 g/mol. The number of ether oxygens (including phenoxy) is 1. The van der Waals surface area contributed by atoms with Crippen molar-refractivity contribution in [1.29, 1.82) is 0 Å². The lowest BCUT2D eigenvalue weighted by atomic mass is 9.74. The number of nitrogens with zero attached hydrogens (tertiary/aromatic N) is 2. The fourth-order valence-electron chi connectivity index (χ4n) is 5.32. The molecule has 1 spiro atoms. The molecule has 6 heteroatoms. The predicted octanol–water partition coefficient (Wildman–Crippen LogP) is 3.77. The van der Waals surface area contributed by atoms with Gasteiger partial charge in [0, 0.05) is 55.7 Å². The smallest absolute Gasteiger partial charge is 0.230 e. The van der Waals surface area contributed by atoms with E-state index in [1.807, 2.05) is 28.0 Å². The van der Waals surface area contributed by atoms with Crippen LogP contribution in [0.3, 0.4) is 0 Å². The second kappa shape index (κ2) is 7.68. The van der Waals surface area contributed by atoms with E-state index in [2.05, 4.69) is 0 Å². The highest BCUT2D eigenvalue weighted by Gasteiger charge is 2.47. The van der Waals surface area contributed by atoms with Gasteiger partial charge in [0.05, 0.1) is 6.10 Å². The number of carbonyl (C=O) groups is 2. The van der Waals surface area contributed by atoms with Crippen molar-refractivity contribution in [2.75, 3.05) is 31.6 Å². The van der Waals surface area contributed by atoms with Crippen LogP contribution in [0.5, 0.6) is 0 Å².